The van der Waals surface area contributed by atoms with Crippen molar-refractivity contribution in [3.63, 3.8) is 0 Å². The zero-order chi connectivity index (χ0) is 12.2. The molecule has 1 heteroatoms. The van der Waals surface area contributed by atoms with Crippen molar-refractivity contribution in [2.45, 2.75) is 77.6 Å². The minimum atomic E-state index is 1.20. The highest BCUT2D eigenvalue weighted by Gasteiger charge is 2.02. The second kappa shape index (κ2) is 10.8. The van der Waals surface area contributed by atoms with Gasteiger partial charge >= 0.3 is 0 Å². The molecule has 1 N–H and O–H groups in total. The Hall–Kier alpha value is -0.300. The third-order valence-corrected chi connectivity index (χ3v) is 3.72. The van der Waals surface area contributed by atoms with E-state index in [-0.39, 0.29) is 0 Å². The van der Waals surface area contributed by atoms with E-state index in [2.05, 4.69) is 18.3 Å². The lowest BCUT2D eigenvalue weighted by Crippen LogP contribution is -2.13. The van der Waals surface area contributed by atoms with E-state index < -0.39 is 0 Å². The van der Waals surface area contributed by atoms with Crippen molar-refractivity contribution in [3.05, 3.63) is 11.6 Å². The lowest BCUT2D eigenvalue weighted by Gasteiger charge is -2.03. The average Bonchev–Trinajstić information content (AvgIpc) is 2.61. The van der Waals surface area contributed by atoms with Crippen LogP contribution < -0.4 is 5.32 Å². The largest absolute Gasteiger partial charge is 0.316 e. The topological polar surface area (TPSA) is 12.0 Å². The van der Waals surface area contributed by atoms with Gasteiger partial charge in [-0.15, -0.1) is 0 Å². The molecule has 0 aromatic rings. The molecular formula is C16H31N. The van der Waals surface area contributed by atoms with Crippen LogP contribution in [0.1, 0.15) is 77.6 Å². The van der Waals surface area contributed by atoms with E-state index in [9.17, 15) is 0 Å². The Morgan fingerprint density at radius 1 is 0.941 bits per heavy atom. The van der Waals surface area contributed by atoms with E-state index >= 15 is 0 Å². The number of hydrogen-bond acceptors (Lipinski definition) is 1. The highest BCUT2D eigenvalue weighted by atomic mass is 14.8. The summed E-state index contributed by atoms with van der Waals surface area (Å²) in [6.07, 6.45) is 17.8. The molecule has 0 unspecified atom stereocenters. The summed E-state index contributed by atoms with van der Waals surface area (Å²) in [4.78, 5) is 0. The molecule has 0 atom stereocenters. The first-order valence-corrected chi connectivity index (χ1v) is 7.82. The second-order valence-corrected chi connectivity index (χ2v) is 5.38. The van der Waals surface area contributed by atoms with Gasteiger partial charge in [-0.1, -0.05) is 57.1 Å². The zero-order valence-corrected chi connectivity index (χ0v) is 11.8. The molecule has 0 aromatic heterocycles. The molecule has 0 aromatic carbocycles. The van der Waals surface area contributed by atoms with Crippen LogP contribution >= 0.6 is 0 Å². The Morgan fingerprint density at radius 2 is 1.71 bits per heavy atom. The lowest BCUT2D eigenvalue weighted by atomic mass is 10.0. The highest BCUT2D eigenvalue weighted by molar-refractivity contribution is 5.03. The Balaban J connectivity index is 1.93. The predicted octanol–water partition coefficient (Wildman–Crippen LogP) is 4.83. The van der Waals surface area contributed by atoms with Gasteiger partial charge in [0.05, 0.1) is 0 Å². The molecule has 1 saturated heterocycles. The Labute approximate surface area is 108 Å². The highest BCUT2D eigenvalue weighted by Crippen LogP contribution is 2.15. The van der Waals surface area contributed by atoms with Crippen LogP contribution in [0.2, 0.25) is 0 Å². The number of hydrogen-bond donors (Lipinski definition) is 1. The zero-order valence-electron chi connectivity index (χ0n) is 11.8. The van der Waals surface area contributed by atoms with Crippen molar-refractivity contribution in [1.82, 2.24) is 5.32 Å². The summed E-state index contributed by atoms with van der Waals surface area (Å²) >= 11 is 0. The molecular weight excluding hydrogens is 206 g/mol. The van der Waals surface area contributed by atoms with Crippen molar-refractivity contribution < 1.29 is 0 Å². The summed E-state index contributed by atoms with van der Waals surface area (Å²) in [7, 11) is 0. The molecule has 1 rings (SSSR count). The number of nitrogens with one attached hydrogen (secondary N) is 1. The molecule has 0 bridgehead atoms. The summed E-state index contributed by atoms with van der Waals surface area (Å²) in [6, 6.07) is 0. The van der Waals surface area contributed by atoms with E-state index in [0.717, 1.165) is 0 Å². The summed E-state index contributed by atoms with van der Waals surface area (Å²) in [5.74, 6) is 0. The standard InChI is InChI=1S/C16H31N/c1-2-3-4-5-6-7-8-9-11-16-12-10-14-17-15-13-16/h11,17H,2-10,12-15H2,1H3/b16-11-. The molecule has 0 saturated carbocycles. The van der Waals surface area contributed by atoms with Crippen LogP contribution in [0, 0.1) is 0 Å². The van der Waals surface area contributed by atoms with Crippen LogP contribution in [-0.2, 0) is 0 Å². The quantitative estimate of drug-likeness (QED) is 0.471. The molecule has 0 radical (unpaired) electrons. The van der Waals surface area contributed by atoms with Gasteiger partial charge in [0.25, 0.3) is 0 Å². The fourth-order valence-electron chi connectivity index (χ4n) is 2.55. The number of rotatable bonds is 8. The van der Waals surface area contributed by atoms with Crippen LogP contribution in [-0.4, -0.2) is 13.1 Å². The molecule has 1 aliphatic heterocycles. The van der Waals surface area contributed by atoms with Gasteiger partial charge in [-0.2, -0.15) is 0 Å². The maximum atomic E-state index is 3.47. The Kier molecular flexibility index (Phi) is 9.40. The van der Waals surface area contributed by atoms with Crippen molar-refractivity contribution in [2.75, 3.05) is 13.1 Å². The van der Waals surface area contributed by atoms with Crippen LogP contribution in [0.4, 0.5) is 0 Å². The van der Waals surface area contributed by atoms with Gasteiger partial charge in [0, 0.05) is 0 Å². The van der Waals surface area contributed by atoms with Crippen LogP contribution in [0.3, 0.4) is 0 Å². The molecule has 0 aliphatic carbocycles. The Morgan fingerprint density at radius 3 is 2.53 bits per heavy atom. The van der Waals surface area contributed by atoms with Crippen LogP contribution in [0.5, 0.6) is 0 Å². The molecule has 0 amide bonds. The lowest BCUT2D eigenvalue weighted by molar-refractivity contribution is 0.591. The Bertz CT molecular complexity index is 186. The van der Waals surface area contributed by atoms with E-state index in [0.29, 0.717) is 0 Å². The SMILES string of the molecule is CCCCCCCCC/C=C1/CCCNCC1. The van der Waals surface area contributed by atoms with Crippen molar-refractivity contribution in [2.24, 2.45) is 0 Å². The van der Waals surface area contributed by atoms with Crippen molar-refractivity contribution in [3.8, 4) is 0 Å². The van der Waals surface area contributed by atoms with E-state index in [1.807, 2.05) is 0 Å². The van der Waals surface area contributed by atoms with Crippen LogP contribution in [0.15, 0.2) is 11.6 Å². The fourth-order valence-corrected chi connectivity index (χ4v) is 2.55. The average molecular weight is 237 g/mol. The first-order chi connectivity index (χ1) is 8.43. The van der Waals surface area contributed by atoms with Gasteiger partial charge in [0.1, 0.15) is 0 Å². The number of allylic oxidation sites excluding steroid dienone is 1. The normalized spacial score (nSPS) is 19.5. The van der Waals surface area contributed by atoms with Gasteiger partial charge < -0.3 is 5.32 Å². The molecule has 0 spiro atoms. The summed E-state index contributed by atoms with van der Waals surface area (Å²) < 4.78 is 0. The maximum Gasteiger partial charge on any atom is -0.00116 e. The predicted molar refractivity (Wildman–Crippen MR) is 77.4 cm³/mol. The fraction of sp³-hybridized carbons (Fsp3) is 0.875. The van der Waals surface area contributed by atoms with Gasteiger partial charge in [0.15, 0.2) is 0 Å². The molecule has 17 heavy (non-hydrogen) atoms. The van der Waals surface area contributed by atoms with Gasteiger partial charge in [-0.05, 0) is 45.2 Å². The van der Waals surface area contributed by atoms with Crippen molar-refractivity contribution >= 4 is 0 Å². The molecule has 100 valence electrons. The second-order valence-electron chi connectivity index (χ2n) is 5.38. The smallest absolute Gasteiger partial charge is 0.00116 e. The summed E-state index contributed by atoms with van der Waals surface area (Å²) in [5.41, 5.74) is 1.71. The minimum absolute atomic E-state index is 1.20. The van der Waals surface area contributed by atoms with E-state index in [1.54, 1.807) is 5.57 Å². The molecule has 1 heterocycles. The first kappa shape index (κ1) is 14.8. The molecule has 1 fully saturated rings. The minimum Gasteiger partial charge on any atom is -0.316 e. The van der Waals surface area contributed by atoms with E-state index in [4.69, 9.17) is 0 Å². The third-order valence-electron chi connectivity index (χ3n) is 3.72. The van der Waals surface area contributed by atoms with Gasteiger partial charge in [-0.3, -0.25) is 0 Å². The van der Waals surface area contributed by atoms with E-state index in [1.165, 1.54) is 83.7 Å². The maximum absolute atomic E-state index is 3.47. The van der Waals surface area contributed by atoms with Crippen molar-refractivity contribution in [1.29, 1.82) is 0 Å². The molecule has 1 aliphatic rings. The number of unbranched alkanes of at least 4 members (excludes halogenated alkanes) is 7. The van der Waals surface area contributed by atoms with Crippen LogP contribution in [0.25, 0.3) is 0 Å². The van der Waals surface area contributed by atoms with Gasteiger partial charge in [-0.25, -0.2) is 0 Å². The molecule has 1 nitrogen and oxygen atoms in total. The monoisotopic (exact) mass is 237 g/mol. The summed E-state index contributed by atoms with van der Waals surface area (Å²) in [6.45, 7) is 4.70. The first-order valence-electron chi connectivity index (χ1n) is 7.82. The van der Waals surface area contributed by atoms with Gasteiger partial charge in [0.2, 0.25) is 0 Å². The third kappa shape index (κ3) is 8.43. The summed E-state index contributed by atoms with van der Waals surface area (Å²) in [5, 5.41) is 3.47.